The number of carbonyl (C=O) groups is 1. The summed E-state index contributed by atoms with van der Waals surface area (Å²) in [5.74, 6) is 0.546. The maximum absolute atomic E-state index is 12.0. The Morgan fingerprint density at radius 2 is 1.86 bits per heavy atom. The summed E-state index contributed by atoms with van der Waals surface area (Å²) in [7, 11) is 0. The number of carbonyl (C=O) groups excluding carboxylic acids is 1. The van der Waals surface area contributed by atoms with Gasteiger partial charge in [-0.25, -0.2) is 0 Å². The molecule has 1 heterocycles. The van der Waals surface area contributed by atoms with Gasteiger partial charge in [-0.15, -0.1) is 10.2 Å². The third kappa shape index (κ3) is 3.81. The van der Waals surface area contributed by atoms with Crippen LogP contribution in [0.1, 0.15) is 37.7 Å². The molecule has 2 rings (SSSR count). The quantitative estimate of drug-likeness (QED) is 0.890. The lowest BCUT2D eigenvalue weighted by molar-refractivity contribution is 0.0933. The van der Waals surface area contributed by atoms with E-state index in [1.165, 1.54) is 0 Å². The van der Waals surface area contributed by atoms with Gasteiger partial charge in [0.25, 0.3) is 5.91 Å². The fraction of sp³-hybridized carbons (Fsp3) is 0.353. The summed E-state index contributed by atoms with van der Waals surface area (Å²) >= 11 is 0. The maximum atomic E-state index is 12.0. The second-order valence-corrected chi connectivity index (χ2v) is 5.14. The lowest BCUT2D eigenvalue weighted by atomic mass is 10.2. The second kappa shape index (κ2) is 7.54. The van der Waals surface area contributed by atoms with Crippen LogP contribution in [0.2, 0.25) is 0 Å². The Bertz CT molecular complexity index is 598. The van der Waals surface area contributed by atoms with Crippen molar-refractivity contribution < 1.29 is 4.79 Å². The van der Waals surface area contributed by atoms with E-state index in [2.05, 4.69) is 22.4 Å². The fourth-order valence-corrected chi connectivity index (χ4v) is 2.07. The average Bonchev–Trinajstić information content (AvgIpc) is 2.57. The van der Waals surface area contributed by atoms with E-state index in [1.807, 2.05) is 55.1 Å². The first kappa shape index (κ1) is 15.9. The Hall–Kier alpha value is -2.43. The maximum Gasteiger partial charge on any atom is 0.272 e. The molecular formula is C17H22N4O. The van der Waals surface area contributed by atoms with Crippen LogP contribution in [0, 0.1) is 0 Å². The van der Waals surface area contributed by atoms with Crippen LogP contribution in [0.25, 0.3) is 0 Å². The van der Waals surface area contributed by atoms with Crippen molar-refractivity contribution in [1.29, 1.82) is 0 Å². The van der Waals surface area contributed by atoms with Crippen molar-refractivity contribution in [2.75, 3.05) is 11.4 Å². The fourth-order valence-electron chi connectivity index (χ4n) is 2.07. The van der Waals surface area contributed by atoms with Crippen molar-refractivity contribution >= 4 is 17.4 Å². The summed E-state index contributed by atoms with van der Waals surface area (Å²) in [4.78, 5) is 14.1. The average molecular weight is 298 g/mol. The van der Waals surface area contributed by atoms with Gasteiger partial charge in [-0.05, 0) is 44.5 Å². The van der Waals surface area contributed by atoms with Gasteiger partial charge >= 0.3 is 0 Å². The highest BCUT2D eigenvalue weighted by Crippen LogP contribution is 2.22. The number of hydrogen-bond donors (Lipinski definition) is 1. The Morgan fingerprint density at radius 3 is 2.41 bits per heavy atom. The summed E-state index contributed by atoms with van der Waals surface area (Å²) in [6.07, 6.45) is 0.884. The van der Waals surface area contributed by atoms with Gasteiger partial charge in [0.05, 0.1) is 0 Å². The molecule has 0 aliphatic heterocycles. The van der Waals surface area contributed by atoms with Crippen LogP contribution in [0.15, 0.2) is 42.5 Å². The van der Waals surface area contributed by atoms with Crippen molar-refractivity contribution in [1.82, 2.24) is 15.5 Å². The van der Waals surface area contributed by atoms with Gasteiger partial charge in [0.2, 0.25) is 0 Å². The van der Waals surface area contributed by atoms with Crippen LogP contribution in [0.4, 0.5) is 11.5 Å². The van der Waals surface area contributed by atoms with Crippen molar-refractivity contribution in [2.45, 2.75) is 33.2 Å². The van der Waals surface area contributed by atoms with Crippen molar-refractivity contribution in [3.8, 4) is 0 Å². The van der Waals surface area contributed by atoms with E-state index in [1.54, 1.807) is 6.07 Å². The highest BCUT2D eigenvalue weighted by atomic mass is 16.2. The van der Waals surface area contributed by atoms with E-state index < -0.39 is 0 Å². The number of aromatic nitrogens is 2. The largest absolute Gasteiger partial charge is 0.348 e. The number of rotatable bonds is 6. The molecule has 1 atom stereocenters. The third-order valence-electron chi connectivity index (χ3n) is 3.53. The zero-order valence-electron chi connectivity index (χ0n) is 13.3. The molecule has 116 valence electrons. The van der Waals surface area contributed by atoms with Gasteiger partial charge < -0.3 is 10.2 Å². The molecule has 0 bridgehead atoms. The highest BCUT2D eigenvalue weighted by molar-refractivity contribution is 5.92. The normalized spacial score (nSPS) is 11.8. The number of amides is 1. The predicted octanol–water partition coefficient (Wildman–Crippen LogP) is 3.16. The van der Waals surface area contributed by atoms with E-state index in [0.717, 1.165) is 24.5 Å². The standard InChI is InChI=1S/C17H22N4O/c1-4-13(3)18-17(22)15-11-12-16(20-19-15)21(5-2)14-9-7-6-8-10-14/h6-13H,4-5H2,1-3H3,(H,18,22). The van der Waals surface area contributed by atoms with Gasteiger partial charge in [0.15, 0.2) is 11.5 Å². The van der Waals surface area contributed by atoms with Gasteiger partial charge in [-0.3, -0.25) is 4.79 Å². The number of nitrogens with one attached hydrogen (secondary N) is 1. The van der Waals surface area contributed by atoms with Crippen LogP contribution < -0.4 is 10.2 Å². The first-order chi connectivity index (χ1) is 10.7. The number of benzene rings is 1. The van der Waals surface area contributed by atoms with Crippen LogP contribution in [-0.4, -0.2) is 28.7 Å². The zero-order chi connectivity index (χ0) is 15.9. The molecule has 22 heavy (non-hydrogen) atoms. The van der Waals surface area contributed by atoms with Gasteiger partial charge in [-0.1, -0.05) is 25.1 Å². The molecule has 1 N–H and O–H groups in total. The number of anilines is 2. The van der Waals surface area contributed by atoms with E-state index in [-0.39, 0.29) is 11.9 Å². The molecule has 1 aromatic heterocycles. The summed E-state index contributed by atoms with van der Waals surface area (Å²) < 4.78 is 0. The van der Waals surface area contributed by atoms with Crippen molar-refractivity contribution in [3.05, 3.63) is 48.2 Å². The topological polar surface area (TPSA) is 58.1 Å². The smallest absolute Gasteiger partial charge is 0.272 e. The van der Waals surface area contributed by atoms with Crippen molar-refractivity contribution in [2.24, 2.45) is 0 Å². The van der Waals surface area contributed by atoms with Gasteiger partial charge in [-0.2, -0.15) is 0 Å². The molecule has 0 saturated heterocycles. The van der Waals surface area contributed by atoms with E-state index in [9.17, 15) is 4.79 Å². The molecule has 0 spiro atoms. The van der Waals surface area contributed by atoms with Gasteiger partial charge in [0.1, 0.15) is 0 Å². The second-order valence-electron chi connectivity index (χ2n) is 5.14. The van der Waals surface area contributed by atoms with E-state index in [0.29, 0.717) is 5.69 Å². The molecule has 0 fully saturated rings. The zero-order valence-corrected chi connectivity index (χ0v) is 13.3. The SMILES string of the molecule is CCC(C)NC(=O)c1ccc(N(CC)c2ccccc2)nn1. The molecule has 1 unspecified atom stereocenters. The molecule has 1 amide bonds. The Kier molecular flexibility index (Phi) is 5.47. The molecular weight excluding hydrogens is 276 g/mol. The summed E-state index contributed by atoms with van der Waals surface area (Å²) in [5.41, 5.74) is 1.39. The predicted molar refractivity (Wildman–Crippen MR) is 88.4 cm³/mol. The van der Waals surface area contributed by atoms with Crippen molar-refractivity contribution in [3.63, 3.8) is 0 Å². The Labute approximate surface area is 131 Å². The highest BCUT2D eigenvalue weighted by Gasteiger charge is 2.13. The molecule has 0 aliphatic carbocycles. The monoisotopic (exact) mass is 298 g/mol. The first-order valence-electron chi connectivity index (χ1n) is 7.62. The Balaban J connectivity index is 2.15. The molecule has 5 heteroatoms. The third-order valence-corrected chi connectivity index (χ3v) is 3.53. The summed E-state index contributed by atoms with van der Waals surface area (Å²) in [6.45, 7) is 6.82. The van der Waals surface area contributed by atoms with E-state index >= 15 is 0 Å². The number of hydrogen-bond acceptors (Lipinski definition) is 4. The van der Waals surface area contributed by atoms with Crippen LogP contribution in [-0.2, 0) is 0 Å². The van der Waals surface area contributed by atoms with Crippen LogP contribution in [0.5, 0.6) is 0 Å². The minimum Gasteiger partial charge on any atom is -0.348 e. The minimum atomic E-state index is -0.184. The number of nitrogens with zero attached hydrogens (tertiary/aromatic N) is 3. The van der Waals surface area contributed by atoms with Crippen LogP contribution in [0.3, 0.4) is 0 Å². The minimum absolute atomic E-state index is 0.130. The molecule has 0 radical (unpaired) electrons. The summed E-state index contributed by atoms with van der Waals surface area (Å²) in [5, 5.41) is 11.1. The molecule has 5 nitrogen and oxygen atoms in total. The molecule has 2 aromatic rings. The lowest BCUT2D eigenvalue weighted by Gasteiger charge is -2.21. The molecule has 1 aromatic carbocycles. The lowest BCUT2D eigenvalue weighted by Crippen LogP contribution is -2.32. The van der Waals surface area contributed by atoms with E-state index in [4.69, 9.17) is 0 Å². The number of para-hydroxylation sites is 1. The molecule has 0 saturated carbocycles. The first-order valence-corrected chi connectivity index (χ1v) is 7.62. The van der Waals surface area contributed by atoms with Gasteiger partial charge in [0, 0.05) is 18.3 Å². The Morgan fingerprint density at radius 1 is 1.14 bits per heavy atom. The summed E-state index contributed by atoms with van der Waals surface area (Å²) in [6, 6.07) is 13.7. The van der Waals surface area contributed by atoms with Crippen LogP contribution >= 0.6 is 0 Å². The molecule has 0 aliphatic rings.